The van der Waals surface area contributed by atoms with Crippen LogP contribution in [0.25, 0.3) is 67.3 Å². The van der Waals surface area contributed by atoms with Crippen molar-refractivity contribution in [1.29, 1.82) is 0 Å². The monoisotopic (exact) mass is 564 g/mol. The Morgan fingerprint density at radius 3 is 0.955 bits per heavy atom. The molecule has 0 unspecified atom stereocenters. The first kappa shape index (κ1) is 27.2. The summed E-state index contributed by atoms with van der Waals surface area (Å²) < 4.78 is 0. The first-order chi connectivity index (χ1) is 21.6. The molecule has 0 fully saturated rings. The molecular formula is C42H32N2. The lowest BCUT2D eigenvalue weighted by molar-refractivity contribution is 1.21. The Balaban J connectivity index is 1.49. The van der Waals surface area contributed by atoms with Crippen molar-refractivity contribution >= 4 is 0 Å². The van der Waals surface area contributed by atoms with Gasteiger partial charge in [-0.25, -0.2) is 9.97 Å². The highest BCUT2D eigenvalue weighted by molar-refractivity contribution is 5.88. The van der Waals surface area contributed by atoms with Gasteiger partial charge in [0.05, 0.1) is 22.8 Å². The van der Waals surface area contributed by atoms with Crippen LogP contribution in [0.5, 0.6) is 0 Å². The van der Waals surface area contributed by atoms with Gasteiger partial charge in [0.15, 0.2) is 0 Å². The predicted octanol–water partition coefficient (Wildman–Crippen LogP) is 11.1. The molecule has 0 radical (unpaired) electrons. The summed E-state index contributed by atoms with van der Waals surface area (Å²) in [5.41, 5.74) is 14.8. The summed E-state index contributed by atoms with van der Waals surface area (Å²) in [5, 5.41) is 0. The predicted molar refractivity (Wildman–Crippen MR) is 184 cm³/mol. The van der Waals surface area contributed by atoms with Crippen molar-refractivity contribution in [2.75, 3.05) is 0 Å². The quantitative estimate of drug-likeness (QED) is 0.201. The minimum atomic E-state index is 0.862. The molecule has 210 valence electrons. The fraction of sp³-hybridized carbons (Fsp3) is 0.0476. The number of aromatic nitrogens is 2. The van der Waals surface area contributed by atoms with Gasteiger partial charge < -0.3 is 0 Å². The van der Waals surface area contributed by atoms with Crippen molar-refractivity contribution < 1.29 is 0 Å². The van der Waals surface area contributed by atoms with Crippen molar-refractivity contribution in [1.82, 2.24) is 9.97 Å². The van der Waals surface area contributed by atoms with Crippen molar-refractivity contribution in [2.24, 2.45) is 0 Å². The van der Waals surface area contributed by atoms with Crippen LogP contribution in [-0.2, 0) is 0 Å². The molecule has 44 heavy (non-hydrogen) atoms. The molecule has 0 atom stereocenters. The molecule has 0 aliphatic heterocycles. The smallest absolute Gasteiger partial charge is 0.0973 e. The van der Waals surface area contributed by atoms with Crippen LogP contribution in [0.3, 0.4) is 0 Å². The Labute approximate surface area is 259 Å². The van der Waals surface area contributed by atoms with Gasteiger partial charge in [-0.2, -0.15) is 0 Å². The van der Waals surface area contributed by atoms with E-state index in [1.165, 1.54) is 22.3 Å². The maximum Gasteiger partial charge on any atom is 0.0973 e. The van der Waals surface area contributed by atoms with Gasteiger partial charge in [0.25, 0.3) is 0 Å². The standard InChI is InChI=1S/C42H32N2/c1-29-13-9-19-33(25-29)35-21-11-23-37(27-35)41-39(31-15-5-3-6-16-31)43-40(32-17-7-4-8-18-32)42(44-41)38-24-12-22-36(28-38)34-20-10-14-30(2)26-34/h3-28H,1-2H3. The molecule has 2 heteroatoms. The number of benzene rings is 6. The largest absolute Gasteiger partial charge is 0.243 e. The van der Waals surface area contributed by atoms with Crippen LogP contribution in [-0.4, -0.2) is 9.97 Å². The topological polar surface area (TPSA) is 25.8 Å². The average Bonchev–Trinajstić information content (AvgIpc) is 3.08. The van der Waals surface area contributed by atoms with E-state index in [0.717, 1.165) is 56.2 Å². The van der Waals surface area contributed by atoms with E-state index < -0.39 is 0 Å². The van der Waals surface area contributed by atoms with Crippen molar-refractivity contribution in [2.45, 2.75) is 13.8 Å². The minimum Gasteiger partial charge on any atom is -0.243 e. The summed E-state index contributed by atoms with van der Waals surface area (Å²) in [6.07, 6.45) is 0. The molecular weight excluding hydrogens is 532 g/mol. The van der Waals surface area contributed by atoms with Gasteiger partial charge >= 0.3 is 0 Å². The number of hydrogen-bond donors (Lipinski definition) is 0. The van der Waals surface area contributed by atoms with E-state index in [1.54, 1.807) is 0 Å². The Bertz CT molecular complexity index is 1930. The van der Waals surface area contributed by atoms with E-state index in [1.807, 2.05) is 12.1 Å². The molecule has 7 aromatic rings. The second kappa shape index (κ2) is 11.9. The fourth-order valence-corrected chi connectivity index (χ4v) is 5.77. The summed E-state index contributed by atoms with van der Waals surface area (Å²) in [4.78, 5) is 10.9. The number of nitrogens with zero attached hydrogens (tertiary/aromatic N) is 2. The first-order valence-corrected chi connectivity index (χ1v) is 15.0. The SMILES string of the molecule is Cc1cccc(-c2cccc(-c3nc(-c4cccc(-c5cccc(C)c5)c4)c(-c4ccccc4)nc3-c3ccccc3)c2)c1. The maximum absolute atomic E-state index is 5.51. The van der Waals surface area contributed by atoms with E-state index in [-0.39, 0.29) is 0 Å². The minimum absolute atomic E-state index is 0.862. The molecule has 0 bridgehead atoms. The van der Waals surface area contributed by atoms with E-state index in [0.29, 0.717) is 0 Å². The van der Waals surface area contributed by atoms with Crippen LogP contribution in [0.4, 0.5) is 0 Å². The molecule has 0 amide bonds. The summed E-state index contributed by atoms with van der Waals surface area (Å²) in [7, 11) is 0. The molecule has 7 rings (SSSR count). The third-order valence-electron chi connectivity index (χ3n) is 7.97. The Morgan fingerprint density at radius 2 is 0.568 bits per heavy atom. The highest BCUT2D eigenvalue weighted by Crippen LogP contribution is 2.39. The summed E-state index contributed by atoms with van der Waals surface area (Å²) in [6.45, 7) is 4.26. The molecule has 0 saturated heterocycles. The Hall–Kier alpha value is -5.60. The van der Waals surface area contributed by atoms with Crippen molar-refractivity contribution in [3.8, 4) is 67.3 Å². The summed E-state index contributed by atoms with van der Waals surface area (Å²) in [5.74, 6) is 0. The van der Waals surface area contributed by atoms with Crippen LogP contribution < -0.4 is 0 Å². The zero-order chi connectivity index (χ0) is 29.9. The molecule has 2 nitrogen and oxygen atoms in total. The third-order valence-corrected chi connectivity index (χ3v) is 7.97. The van der Waals surface area contributed by atoms with E-state index in [4.69, 9.17) is 9.97 Å². The van der Waals surface area contributed by atoms with Crippen molar-refractivity contribution in [3.05, 3.63) is 169 Å². The average molecular weight is 565 g/mol. The fourth-order valence-electron chi connectivity index (χ4n) is 5.77. The molecule has 0 N–H and O–H groups in total. The summed E-state index contributed by atoms with van der Waals surface area (Å²) in [6, 6.07) is 55.4. The molecule has 0 aliphatic carbocycles. The Morgan fingerprint density at radius 1 is 0.273 bits per heavy atom. The Kier molecular flexibility index (Phi) is 7.40. The van der Waals surface area contributed by atoms with Crippen molar-refractivity contribution in [3.63, 3.8) is 0 Å². The first-order valence-electron chi connectivity index (χ1n) is 15.0. The van der Waals surface area contributed by atoms with E-state index in [9.17, 15) is 0 Å². The molecule has 0 saturated carbocycles. The summed E-state index contributed by atoms with van der Waals surface area (Å²) >= 11 is 0. The van der Waals surface area contributed by atoms with Crippen LogP contribution in [0.15, 0.2) is 158 Å². The van der Waals surface area contributed by atoms with Gasteiger partial charge in [-0.05, 0) is 48.2 Å². The lowest BCUT2D eigenvalue weighted by Crippen LogP contribution is -2.01. The molecule has 1 aromatic heterocycles. The van der Waals surface area contributed by atoms with Crippen LogP contribution >= 0.6 is 0 Å². The van der Waals surface area contributed by atoms with Crippen LogP contribution in [0.1, 0.15) is 11.1 Å². The van der Waals surface area contributed by atoms with Gasteiger partial charge in [0, 0.05) is 22.3 Å². The zero-order valence-corrected chi connectivity index (χ0v) is 24.9. The maximum atomic E-state index is 5.51. The molecule has 6 aromatic carbocycles. The zero-order valence-electron chi connectivity index (χ0n) is 24.9. The number of aryl methyl sites for hydroxylation is 2. The van der Waals surface area contributed by atoms with Gasteiger partial charge in [0.1, 0.15) is 0 Å². The highest BCUT2D eigenvalue weighted by atomic mass is 14.9. The van der Waals surface area contributed by atoms with Gasteiger partial charge in [0.2, 0.25) is 0 Å². The van der Waals surface area contributed by atoms with Crippen LogP contribution in [0, 0.1) is 13.8 Å². The lowest BCUT2D eigenvalue weighted by Gasteiger charge is -2.17. The molecule has 0 spiro atoms. The molecule has 0 aliphatic rings. The molecule has 1 heterocycles. The lowest BCUT2D eigenvalue weighted by atomic mass is 9.95. The highest BCUT2D eigenvalue weighted by Gasteiger charge is 2.20. The normalized spacial score (nSPS) is 11.0. The van der Waals surface area contributed by atoms with Gasteiger partial charge in [-0.1, -0.05) is 157 Å². The van der Waals surface area contributed by atoms with Gasteiger partial charge in [-0.15, -0.1) is 0 Å². The van der Waals surface area contributed by atoms with Gasteiger partial charge in [-0.3, -0.25) is 0 Å². The third kappa shape index (κ3) is 5.58. The van der Waals surface area contributed by atoms with Crippen LogP contribution in [0.2, 0.25) is 0 Å². The van der Waals surface area contributed by atoms with E-state index in [2.05, 4.69) is 159 Å². The second-order valence-electron chi connectivity index (χ2n) is 11.3. The second-order valence-corrected chi connectivity index (χ2v) is 11.3. The van der Waals surface area contributed by atoms with E-state index >= 15 is 0 Å². The number of rotatable bonds is 6. The number of hydrogen-bond acceptors (Lipinski definition) is 2.